The molecule has 0 fully saturated rings. The lowest BCUT2D eigenvalue weighted by Gasteiger charge is -2.22. The van der Waals surface area contributed by atoms with Crippen molar-refractivity contribution in [3.05, 3.63) is 82.2 Å². The van der Waals surface area contributed by atoms with Gasteiger partial charge < -0.3 is 14.4 Å². The summed E-state index contributed by atoms with van der Waals surface area (Å²) in [5, 5.41) is 11.2. The Bertz CT molecular complexity index is 1620. The summed E-state index contributed by atoms with van der Waals surface area (Å²) in [6, 6.07) is 18.3. The van der Waals surface area contributed by atoms with E-state index in [4.69, 9.17) is 9.40 Å². The number of aromatic nitrogens is 1. The average molecular weight is 485 g/mol. The van der Waals surface area contributed by atoms with Crippen molar-refractivity contribution in [2.45, 2.75) is 20.3 Å². The number of aryl methyl sites for hydroxylation is 1. The SMILES string of the molecule is CCc1cc2c(-c3ccccc3C(=O)O)c(-c3nc4ccccc4s3)c(=O)oc2cc1N(C)CC. The third kappa shape index (κ3) is 3.88. The van der Waals surface area contributed by atoms with Crippen molar-refractivity contribution in [3.63, 3.8) is 0 Å². The highest BCUT2D eigenvalue weighted by Gasteiger charge is 2.25. The molecule has 5 aromatic rings. The van der Waals surface area contributed by atoms with Gasteiger partial charge in [-0.15, -0.1) is 11.3 Å². The van der Waals surface area contributed by atoms with Crippen molar-refractivity contribution in [2.24, 2.45) is 0 Å². The molecule has 0 saturated carbocycles. The van der Waals surface area contributed by atoms with Crippen molar-refractivity contribution < 1.29 is 14.3 Å². The summed E-state index contributed by atoms with van der Waals surface area (Å²) in [4.78, 5) is 32.5. The van der Waals surface area contributed by atoms with Gasteiger partial charge in [0.15, 0.2) is 0 Å². The maximum absolute atomic E-state index is 13.5. The van der Waals surface area contributed by atoms with Crippen molar-refractivity contribution in [1.82, 2.24) is 4.98 Å². The number of carbonyl (C=O) groups is 1. The number of benzene rings is 3. The molecule has 0 bridgehead atoms. The molecule has 0 saturated heterocycles. The summed E-state index contributed by atoms with van der Waals surface area (Å²) in [7, 11) is 1.99. The summed E-state index contributed by atoms with van der Waals surface area (Å²) in [6.45, 7) is 4.93. The fourth-order valence-electron chi connectivity index (χ4n) is 4.43. The van der Waals surface area contributed by atoms with Crippen LogP contribution in [0.15, 0.2) is 69.9 Å². The predicted molar refractivity (Wildman–Crippen MR) is 142 cm³/mol. The van der Waals surface area contributed by atoms with Crippen LogP contribution in [-0.2, 0) is 6.42 Å². The third-order valence-electron chi connectivity index (χ3n) is 6.31. The topological polar surface area (TPSA) is 83.6 Å². The van der Waals surface area contributed by atoms with E-state index in [1.54, 1.807) is 24.3 Å². The van der Waals surface area contributed by atoms with Crippen LogP contribution in [-0.4, -0.2) is 29.7 Å². The van der Waals surface area contributed by atoms with Gasteiger partial charge in [-0.2, -0.15) is 0 Å². The van der Waals surface area contributed by atoms with Gasteiger partial charge in [0.25, 0.3) is 0 Å². The third-order valence-corrected chi connectivity index (χ3v) is 7.36. The van der Waals surface area contributed by atoms with Crippen LogP contribution in [0.2, 0.25) is 0 Å². The number of carboxylic acid groups (broad SMARTS) is 1. The van der Waals surface area contributed by atoms with Crippen LogP contribution in [0.3, 0.4) is 0 Å². The van der Waals surface area contributed by atoms with Crippen LogP contribution in [0.25, 0.3) is 42.9 Å². The van der Waals surface area contributed by atoms with Crippen molar-refractivity contribution >= 4 is 44.2 Å². The molecule has 1 N–H and O–H groups in total. The summed E-state index contributed by atoms with van der Waals surface area (Å²) < 4.78 is 6.82. The van der Waals surface area contributed by atoms with E-state index >= 15 is 0 Å². The number of anilines is 1. The normalized spacial score (nSPS) is 11.3. The Kier molecular flexibility index (Phi) is 5.86. The molecule has 0 aliphatic rings. The summed E-state index contributed by atoms with van der Waals surface area (Å²) >= 11 is 1.39. The largest absolute Gasteiger partial charge is 0.478 e. The van der Waals surface area contributed by atoms with Crippen LogP contribution >= 0.6 is 11.3 Å². The number of thiazole rings is 1. The van der Waals surface area contributed by atoms with E-state index in [0.29, 0.717) is 27.1 Å². The van der Waals surface area contributed by atoms with E-state index in [0.717, 1.165) is 34.4 Å². The summed E-state index contributed by atoms with van der Waals surface area (Å²) in [5.74, 6) is -1.06. The summed E-state index contributed by atoms with van der Waals surface area (Å²) in [5.41, 5.74) is 4.12. The van der Waals surface area contributed by atoms with Crippen LogP contribution in [0.4, 0.5) is 5.69 Å². The molecule has 0 radical (unpaired) electrons. The molecule has 0 atom stereocenters. The second kappa shape index (κ2) is 9.00. The van der Waals surface area contributed by atoms with Crippen LogP contribution in [0, 0.1) is 0 Å². The van der Waals surface area contributed by atoms with E-state index in [9.17, 15) is 14.7 Å². The van der Waals surface area contributed by atoms with Crippen molar-refractivity contribution in [2.75, 3.05) is 18.5 Å². The van der Waals surface area contributed by atoms with Gasteiger partial charge in [-0.05, 0) is 48.7 Å². The molecule has 35 heavy (non-hydrogen) atoms. The molecule has 7 heteroatoms. The maximum Gasteiger partial charge on any atom is 0.347 e. The van der Waals surface area contributed by atoms with E-state index in [2.05, 4.69) is 18.7 Å². The number of para-hydroxylation sites is 1. The van der Waals surface area contributed by atoms with Crippen LogP contribution in [0.1, 0.15) is 29.8 Å². The first-order valence-electron chi connectivity index (χ1n) is 11.5. The Morgan fingerprint density at radius 1 is 1.06 bits per heavy atom. The van der Waals surface area contributed by atoms with Gasteiger partial charge in [0.1, 0.15) is 16.2 Å². The molecule has 0 unspecified atom stereocenters. The van der Waals surface area contributed by atoms with Gasteiger partial charge in [-0.25, -0.2) is 14.6 Å². The van der Waals surface area contributed by atoms with Crippen LogP contribution in [0.5, 0.6) is 0 Å². The molecule has 5 rings (SSSR count). The fraction of sp³-hybridized carbons (Fsp3) is 0.179. The van der Waals surface area contributed by atoms with Gasteiger partial charge >= 0.3 is 11.6 Å². The Balaban J connectivity index is 1.95. The smallest absolute Gasteiger partial charge is 0.347 e. The first kappa shape index (κ1) is 22.8. The van der Waals surface area contributed by atoms with Crippen molar-refractivity contribution in [1.29, 1.82) is 0 Å². The molecule has 2 heterocycles. The van der Waals surface area contributed by atoms with Gasteiger partial charge in [0, 0.05) is 36.3 Å². The fourth-order valence-corrected chi connectivity index (χ4v) is 5.44. The zero-order valence-electron chi connectivity index (χ0n) is 19.7. The minimum absolute atomic E-state index is 0.120. The van der Waals surface area contributed by atoms with Gasteiger partial charge in [-0.1, -0.05) is 37.3 Å². The highest BCUT2D eigenvalue weighted by Crippen LogP contribution is 2.41. The minimum atomic E-state index is -1.06. The van der Waals surface area contributed by atoms with Gasteiger partial charge in [0.05, 0.1) is 15.8 Å². The van der Waals surface area contributed by atoms with E-state index in [1.165, 1.54) is 11.3 Å². The van der Waals surface area contributed by atoms with Gasteiger partial charge in [-0.3, -0.25) is 0 Å². The predicted octanol–water partition coefficient (Wildman–Crippen LogP) is 6.45. The molecule has 0 amide bonds. The zero-order valence-corrected chi connectivity index (χ0v) is 20.5. The Morgan fingerprint density at radius 2 is 1.80 bits per heavy atom. The monoisotopic (exact) mass is 484 g/mol. The lowest BCUT2D eigenvalue weighted by molar-refractivity contribution is 0.0697. The number of fused-ring (bicyclic) bond motifs is 2. The lowest BCUT2D eigenvalue weighted by atomic mass is 9.92. The highest BCUT2D eigenvalue weighted by molar-refractivity contribution is 7.21. The second-order valence-electron chi connectivity index (χ2n) is 8.32. The molecule has 3 aromatic carbocycles. The molecule has 0 aliphatic heterocycles. The lowest BCUT2D eigenvalue weighted by Crippen LogP contribution is -2.18. The molecule has 176 valence electrons. The standard InChI is InChI=1S/C28H24N2O4S/c1-4-16-14-19-22(15-21(16)30(3)5-2)34-28(33)25(26-29-20-12-8-9-13-23(20)35-26)24(19)17-10-6-7-11-18(17)27(31)32/h6-15H,4-5H2,1-3H3,(H,31,32). The number of rotatable bonds is 6. The minimum Gasteiger partial charge on any atom is -0.478 e. The zero-order chi connectivity index (χ0) is 24.7. The number of aromatic carboxylic acids is 1. The quantitative estimate of drug-likeness (QED) is 0.279. The number of hydrogen-bond acceptors (Lipinski definition) is 6. The first-order valence-corrected chi connectivity index (χ1v) is 12.3. The molecule has 6 nitrogen and oxygen atoms in total. The Morgan fingerprint density at radius 3 is 2.51 bits per heavy atom. The van der Waals surface area contributed by atoms with E-state index in [-0.39, 0.29) is 11.1 Å². The molecule has 0 aliphatic carbocycles. The Labute approximate surface area is 206 Å². The first-order chi connectivity index (χ1) is 16.9. The number of nitrogens with zero attached hydrogens (tertiary/aromatic N) is 2. The number of carboxylic acids is 1. The van der Waals surface area contributed by atoms with E-state index in [1.807, 2.05) is 43.4 Å². The van der Waals surface area contributed by atoms with Gasteiger partial charge in [0.2, 0.25) is 0 Å². The molecule has 0 spiro atoms. The maximum atomic E-state index is 13.5. The second-order valence-corrected chi connectivity index (χ2v) is 9.35. The van der Waals surface area contributed by atoms with Crippen LogP contribution < -0.4 is 10.5 Å². The molecular weight excluding hydrogens is 460 g/mol. The van der Waals surface area contributed by atoms with Crippen molar-refractivity contribution in [3.8, 4) is 21.7 Å². The molecular formula is C28H24N2O4S. The van der Waals surface area contributed by atoms with E-state index < -0.39 is 11.6 Å². The highest BCUT2D eigenvalue weighted by atomic mass is 32.1. The average Bonchev–Trinajstić information content (AvgIpc) is 3.30. The number of hydrogen-bond donors (Lipinski definition) is 1. The molecule has 2 aromatic heterocycles. The summed E-state index contributed by atoms with van der Waals surface area (Å²) in [6.07, 6.45) is 0.769. The Hall–Kier alpha value is -3.97.